The van der Waals surface area contributed by atoms with Crippen LogP contribution in [0.2, 0.25) is 0 Å². The normalized spacial score (nSPS) is 10.8. The van der Waals surface area contributed by atoms with Crippen LogP contribution in [0, 0.1) is 0 Å². The molecule has 0 aliphatic carbocycles. The third-order valence-electron chi connectivity index (χ3n) is 4.31. The van der Waals surface area contributed by atoms with Crippen LogP contribution in [0.25, 0.3) is 11.4 Å². The molecular weight excluding hydrogens is 352 g/mol. The summed E-state index contributed by atoms with van der Waals surface area (Å²) in [6.45, 7) is 0.832. The van der Waals surface area contributed by atoms with E-state index in [4.69, 9.17) is 0 Å². The van der Waals surface area contributed by atoms with E-state index in [0.717, 1.165) is 35.3 Å². The Labute approximate surface area is 163 Å². The van der Waals surface area contributed by atoms with Gasteiger partial charge in [0.25, 0.3) is 0 Å². The zero-order chi connectivity index (χ0) is 18.3. The number of thioether (sulfide) groups is 1. The Balaban J connectivity index is 1.59. The van der Waals surface area contributed by atoms with E-state index >= 15 is 0 Å². The highest BCUT2D eigenvalue weighted by molar-refractivity contribution is 7.98. The lowest BCUT2D eigenvalue weighted by atomic mass is 10.1. The summed E-state index contributed by atoms with van der Waals surface area (Å²) in [4.78, 5) is 4.24. The zero-order valence-corrected chi connectivity index (χ0v) is 15.7. The van der Waals surface area contributed by atoms with Crippen molar-refractivity contribution in [3.05, 3.63) is 96.3 Å². The van der Waals surface area contributed by atoms with E-state index < -0.39 is 0 Å². The molecule has 0 bridgehead atoms. The molecule has 0 saturated heterocycles. The van der Waals surface area contributed by atoms with Crippen LogP contribution in [0.1, 0.15) is 11.1 Å². The number of nitrogens with zero attached hydrogens (tertiary/aromatic N) is 4. The lowest BCUT2D eigenvalue weighted by Crippen LogP contribution is -2.05. The molecule has 4 rings (SSSR count). The molecule has 134 valence electrons. The van der Waals surface area contributed by atoms with Crippen molar-refractivity contribution in [2.24, 2.45) is 0 Å². The van der Waals surface area contributed by atoms with Gasteiger partial charge >= 0.3 is 0 Å². The molecule has 0 fully saturated rings. The Kier molecular flexibility index (Phi) is 5.60. The highest BCUT2D eigenvalue weighted by atomic mass is 32.2. The smallest absolute Gasteiger partial charge is 0.191 e. The van der Waals surface area contributed by atoms with Crippen molar-refractivity contribution in [3.63, 3.8) is 0 Å². The van der Waals surface area contributed by atoms with E-state index in [0.29, 0.717) is 0 Å². The minimum Gasteiger partial charge on any atom is -0.302 e. The van der Waals surface area contributed by atoms with Gasteiger partial charge in [0.15, 0.2) is 11.0 Å². The molecule has 2 heterocycles. The number of hydrogen-bond donors (Lipinski definition) is 0. The van der Waals surface area contributed by atoms with Gasteiger partial charge < -0.3 is 4.57 Å². The fourth-order valence-corrected chi connectivity index (χ4v) is 3.83. The van der Waals surface area contributed by atoms with Crippen molar-refractivity contribution in [3.8, 4) is 11.4 Å². The van der Waals surface area contributed by atoms with Gasteiger partial charge in [-0.25, -0.2) is 0 Å². The van der Waals surface area contributed by atoms with E-state index in [1.807, 2.05) is 30.5 Å². The van der Waals surface area contributed by atoms with Crippen LogP contribution in [-0.4, -0.2) is 19.7 Å². The summed E-state index contributed by atoms with van der Waals surface area (Å²) in [6.07, 6.45) is 4.55. The van der Waals surface area contributed by atoms with Crippen LogP contribution >= 0.6 is 11.8 Å². The quantitative estimate of drug-likeness (QED) is 0.434. The molecule has 0 atom stereocenters. The third-order valence-corrected chi connectivity index (χ3v) is 5.35. The lowest BCUT2D eigenvalue weighted by Gasteiger charge is -2.10. The molecule has 0 aliphatic rings. The summed E-state index contributed by atoms with van der Waals surface area (Å²) in [7, 11) is 0. The number of pyridine rings is 1. The van der Waals surface area contributed by atoms with Gasteiger partial charge in [0.2, 0.25) is 0 Å². The van der Waals surface area contributed by atoms with Crippen molar-refractivity contribution >= 4 is 11.8 Å². The highest BCUT2D eigenvalue weighted by Gasteiger charge is 2.14. The standard InChI is InChI=1S/C22H20N4S/c1-3-8-18(9-4-1)13-15-26-21(20-12-7-14-23-16-20)24-25-22(26)27-17-19-10-5-2-6-11-19/h1-12,14,16H,13,15,17H2. The Hall–Kier alpha value is -2.92. The fraction of sp³-hybridized carbons (Fsp3) is 0.136. The maximum absolute atomic E-state index is 4.47. The molecule has 0 aliphatic heterocycles. The number of benzene rings is 2. The summed E-state index contributed by atoms with van der Waals surface area (Å²) < 4.78 is 2.21. The molecule has 2 aromatic carbocycles. The van der Waals surface area contributed by atoms with Gasteiger partial charge in [0, 0.05) is 30.3 Å². The van der Waals surface area contributed by atoms with E-state index in [1.54, 1.807) is 18.0 Å². The Morgan fingerprint density at radius 3 is 2.22 bits per heavy atom. The molecule has 4 nitrogen and oxygen atoms in total. The van der Waals surface area contributed by atoms with Crippen LogP contribution in [0.5, 0.6) is 0 Å². The van der Waals surface area contributed by atoms with E-state index in [2.05, 4.69) is 68.3 Å². The van der Waals surface area contributed by atoms with Crippen LogP contribution in [0.3, 0.4) is 0 Å². The van der Waals surface area contributed by atoms with Crippen molar-refractivity contribution in [2.75, 3.05) is 0 Å². The Morgan fingerprint density at radius 1 is 0.778 bits per heavy atom. The molecule has 2 aromatic heterocycles. The molecule has 0 radical (unpaired) electrons. The second-order valence-corrected chi connectivity index (χ2v) is 7.15. The average Bonchev–Trinajstić information content (AvgIpc) is 3.15. The van der Waals surface area contributed by atoms with Crippen LogP contribution in [-0.2, 0) is 18.7 Å². The topological polar surface area (TPSA) is 43.6 Å². The van der Waals surface area contributed by atoms with Gasteiger partial charge in [0.05, 0.1) is 0 Å². The second-order valence-electron chi connectivity index (χ2n) is 6.21. The number of hydrogen-bond acceptors (Lipinski definition) is 4. The van der Waals surface area contributed by atoms with Gasteiger partial charge in [-0.2, -0.15) is 0 Å². The first kappa shape index (κ1) is 17.5. The summed E-state index contributed by atoms with van der Waals surface area (Å²) in [5.74, 6) is 1.74. The number of rotatable bonds is 7. The first-order valence-corrected chi connectivity index (χ1v) is 9.93. The van der Waals surface area contributed by atoms with E-state index in [-0.39, 0.29) is 0 Å². The third kappa shape index (κ3) is 4.44. The predicted molar refractivity (Wildman–Crippen MR) is 109 cm³/mol. The van der Waals surface area contributed by atoms with Crippen molar-refractivity contribution < 1.29 is 0 Å². The van der Waals surface area contributed by atoms with Gasteiger partial charge in [-0.15, -0.1) is 10.2 Å². The summed E-state index contributed by atoms with van der Waals surface area (Å²) >= 11 is 1.72. The Morgan fingerprint density at radius 2 is 1.52 bits per heavy atom. The van der Waals surface area contributed by atoms with Gasteiger partial charge in [-0.05, 0) is 29.7 Å². The monoisotopic (exact) mass is 372 g/mol. The van der Waals surface area contributed by atoms with E-state index in [1.165, 1.54) is 11.1 Å². The van der Waals surface area contributed by atoms with Crippen molar-refractivity contribution in [1.82, 2.24) is 19.7 Å². The molecule has 0 spiro atoms. The molecular formula is C22H20N4S. The summed E-state index contributed by atoms with van der Waals surface area (Å²) in [6, 6.07) is 24.9. The largest absolute Gasteiger partial charge is 0.302 e. The van der Waals surface area contributed by atoms with Gasteiger partial charge in [0.1, 0.15) is 0 Å². The first-order valence-electron chi connectivity index (χ1n) is 8.94. The minimum absolute atomic E-state index is 0.832. The predicted octanol–water partition coefficient (Wildman–Crippen LogP) is 4.88. The summed E-state index contributed by atoms with van der Waals surface area (Å²) in [5, 5.41) is 9.87. The number of aromatic nitrogens is 4. The van der Waals surface area contributed by atoms with Crippen molar-refractivity contribution in [2.45, 2.75) is 23.9 Å². The maximum Gasteiger partial charge on any atom is 0.191 e. The SMILES string of the molecule is c1ccc(CCn2c(SCc3ccccc3)nnc2-c2cccnc2)cc1. The average molecular weight is 372 g/mol. The second kappa shape index (κ2) is 8.64. The lowest BCUT2D eigenvalue weighted by molar-refractivity contribution is 0.639. The maximum atomic E-state index is 4.47. The van der Waals surface area contributed by atoms with E-state index in [9.17, 15) is 0 Å². The van der Waals surface area contributed by atoms with Crippen molar-refractivity contribution in [1.29, 1.82) is 0 Å². The fourth-order valence-electron chi connectivity index (χ4n) is 2.91. The molecule has 5 heteroatoms. The molecule has 0 unspecified atom stereocenters. The molecule has 0 N–H and O–H groups in total. The molecule has 4 aromatic rings. The zero-order valence-electron chi connectivity index (χ0n) is 14.9. The highest BCUT2D eigenvalue weighted by Crippen LogP contribution is 2.26. The molecule has 0 amide bonds. The number of aryl methyl sites for hydroxylation is 1. The minimum atomic E-state index is 0.832. The molecule has 0 saturated carbocycles. The Bertz CT molecular complexity index is 969. The summed E-state index contributed by atoms with van der Waals surface area (Å²) in [5.41, 5.74) is 3.58. The van der Waals surface area contributed by atoms with Gasteiger partial charge in [-0.3, -0.25) is 4.98 Å². The van der Waals surface area contributed by atoms with Crippen LogP contribution < -0.4 is 0 Å². The van der Waals surface area contributed by atoms with Crippen LogP contribution in [0.15, 0.2) is 90.3 Å². The van der Waals surface area contributed by atoms with Crippen LogP contribution in [0.4, 0.5) is 0 Å². The first-order chi connectivity index (χ1) is 13.4. The molecule has 27 heavy (non-hydrogen) atoms. The van der Waals surface area contributed by atoms with Gasteiger partial charge in [-0.1, -0.05) is 72.4 Å².